The molecular weight excluding hydrogens is 160 g/mol. The van der Waals surface area contributed by atoms with Crippen LogP contribution in [0.2, 0.25) is 0 Å². The Morgan fingerprint density at radius 3 is 2.67 bits per heavy atom. The van der Waals surface area contributed by atoms with Gasteiger partial charge in [-0.15, -0.1) is 0 Å². The van der Waals surface area contributed by atoms with Gasteiger partial charge < -0.3 is 15.4 Å². The van der Waals surface area contributed by atoms with Crippen molar-refractivity contribution in [2.24, 2.45) is 0 Å². The normalized spacial score (nSPS) is 9.50. The van der Waals surface area contributed by atoms with Crippen molar-refractivity contribution < 1.29 is 14.3 Å². The average Bonchev–Trinajstić information content (AvgIpc) is 2.11. The molecule has 0 aromatic rings. The Balaban J connectivity index is 3.48. The van der Waals surface area contributed by atoms with Crippen LogP contribution in [-0.4, -0.2) is 32.6 Å². The Morgan fingerprint density at radius 2 is 2.17 bits per heavy atom. The van der Waals surface area contributed by atoms with Crippen molar-refractivity contribution >= 4 is 11.9 Å². The van der Waals surface area contributed by atoms with E-state index >= 15 is 0 Å². The highest BCUT2D eigenvalue weighted by atomic mass is 16.5. The van der Waals surface area contributed by atoms with E-state index in [1.165, 1.54) is 26.4 Å². The fourth-order valence-corrected chi connectivity index (χ4v) is 0.435. The van der Waals surface area contributed by atoms with E-state index in [0.717, 1.165) is 0 Å². The molecule has 0 heterocycles. The number of methoxy groups -OCH3 is 1. The first-order valence-corrected chi connectivity index (χ1v) is 3.39. The van der Waals surface area contributed by atoms with Crippen LogP contribution < -0.4 is 10.6 Å². The Morgan fingerprint density at radius 1 is 1.50 bits per heavy atom. The monoisotopic (exact) mass is 172 g/mol. The zero-order valence-corrected chi connectivity index (χ0v) is 7.09. The van der Waals surface area contributed by atoms with Gasteiger partial charge in [-0.25, -0.2) is 4.79 Å². The van der Waals surface area contributed by atoms with Gasteiger partial charge in [0.25, 0.3) is 0 Å². The second-order valence-electron chi connectivity index (χ2n) is 1.91. The first-order chi connectivity index (χ1) is 5.70. The first-order valence-electron chi connectivity index (χ1n) is 3.39. The van der Waals surface area contributed by atoms with Crippen LogP contribution >= 0.6 is 0 Å². The third kappa shape index (κ3) is 5.28. The molecule has 0 spiro atoms. The van der Waals surface area contributed by atoms with Gasteiger partial charge in [0, 0.05) is 19.3 Å². The summed E-state index contributed by atoms with van der Waals surface area (Å²) in [6.45, 7) is 0.143. The summed E-state index contributed by atoms with van der Waals surface area (Å²) in [5.41, 5.74) is 0. The quantitative estimate of drug-likeness (QED) is 0.422. The Kier molecular flexibility index (Phi) is 5.42. The number of nitrogens with one attached hydrogen (secondary N) is 2. The zero-order valence-electron chi connectivity index (χ0n) is 7.09. The van der Waals surface area contributed by atoms with Gasteiger partial charge >= 0.3 is 5.97 Å². The molecule has 0 saturated carbocycles. The highest BCUT2D eigenvalue weighted by Gasteiger charge is 1.93. The fourth-order valence-electron chi connectivity index (χ4n) is 0.435. The lowest BCUT2D eigenvalue weighted by Crippen LogP contribution is -2.28. The molecule has 0 rings (SSSR count). The number of likely N-dealkylation sites (N-methyl/N-ethyl adjacent to an activating group) is 1. The van der Waals surface area contributed by atoms with Crippen LogP contribution in [0.15, 0.2) is 12.3 Å². The summed E-state index contributed by atoms with van der Waals surface area (Å²) in [4.78, 5) is 21.1. The Hall–Kier alpha value is -1.52. The number of esters is 1. The summed E-state index contributed by atoms with van der Waals surface area (Å²) in [5.74, 6) is -0.607. The van der Waals surface area contributed by atoms with Crippen molar-refractivity contribution in [2.75, 3.05) is 20.7 Å². The molecule has 0 aromatic carbocycles. The van der Waals surface area contributed by atoms with E-state index < -0.39 is 5.97 Å². The Labute approximate surface area is 70.8 Å². The molecule has 12 heavy (non-hydrogen) atoms. The molecule has 0 aliphatic carbocycles. The first kappa shape index (κ1) is 10.5. The van der Waals surface area contributed by atoms with Crippen molar-refractivity contribution in [1.82, 2.24) is 10.6 Å². The van der Waals surface area contributed by atoms with Crippen LogP contribution in [0.3, 0.4) is 0 Å². The Bertz CT molecular complexity index is 189. The molecule has 1 amide bonds. The topological polar surface area (TPSA) is 67.4 Å². The number of amides is 1. The molecule has 2 N–H and O–H groups in total. The predicted octanol–water partition coefficient (Wildman–Crippen LogP) is -0.991. The second kappa shape index (κ2) is 6.21. The van der Waals surface area contributed by atoms with E-state index in [9.17, 15) is 9.59 Å². The average molecular weight is 172 g/mol. The standard InChI is InChI=1S/C7H12N2O3/c1-8-6(10)5-9-4-3-7(11)12-2/h3-4,9H,5H2,1-2H3,(H,8,10)/b4-3+. The van der Waals surface area contributed by atoms with Gasteiger partial charge in [-0.05, 0) is 0 Å². The number of rotatable bonds is 4. The van der Waals surface area contributed by atoms with Crippen molar-refractivity contribution in [3.8, 4) is 0 Å². The highest BCUT2D eigenvalue weighted by molar-refractivity contribution is 5.82. The molecule has 0 aromatic heterocycles. The molecular formula is C7H12N2O3. The van der Waals surface area contributed by atoms with E-state index in [0.29, 0.717) is 0 Å². The summed E-state index contributed by atoms with van der Waals surface area (Å²) in [6.07, 6.45) is 2.56. The van der Waals surface area contributed by atoms with E-state index in [2.05, 4.69) is 15.4 Å². The molecule has 0 bridgehead atoms. The van der Waals surface area contributed by atoms with Crippen LogP contribution in [-0.2, 0) is 14.3 Å². The molecule has 0 radical (unpaired) electrons. The van der Waals surface area contributed by atoms with E-state index in [4.69, 9.17) is 0 Å². The molecule has 0 atom stereocenters. The van der Waals surface area contributed by atoms with Crippen LogP contribution in [0, 0.1) is 0 Å². The fraction of sp³-hybridized carbons (Fsp3) is 0.429. The summed E-state index contributed by atoms with van der Waals surface area (Å²) in [6, 6.07) is 0. The van der Waals surface area contributed by atoms with E-state index in [1.54, 1.807) is 0 Å². The number of hydrogen-bond acceptors (Lipinski definition) is 4. The summed E-state index contributed by atoms with van der Waals surface area (Å²) in [7, 11) is 2.82. The van der Waals surface area contributed by atoms with Gasteiger partial charge in [0.05, 0.1) is 13.7 Å². The van der Waals surface area contributed by atoms with Crippen LogP contribution in [0.4, 0.5) is 0 Å². The third-order valence-corrected chi connectivity index (χ3v) is 1.08. The van der Waals surface area contributed by atoms with Crippen LogP contribution in [0.1, 0.15) is 0 Å². The smallest absolute Gasteiger partial charge is 0.331 e. The van der Waals surface area contributed by atoms with Crippen LogP contribution in [0.5, 0.6) is 0 Å². The minimum absolute atomic E-state index is 0.143. The largest absolute Gasteiger partial charge is 0.466 e. The number of hydrogen-bond donors (Lipinski definition) is 2. The van der Waals surface area contributed by atoms with Gasteiger partial charge in [0.15, 0.2) is 0 Å². The SMILES string of the molecule is CNC(=O)CN/C=C/C(=O)OC. The van der Waals surface area contributed by atoms with Crippen molar-refractivity contribution in [3.63, 3.8) is 0 Å². The zero-order chi connectivity index (χ0) is 9.40. The molecule has 0 unspecified atom stereocenters. The summed E-state index contributed by atoms with van der Waals surface area (Å²) < 4.78 is 4.32. The molecule has 68 valence electrons. The maximum Gasteiger partial charge on any atom is 0.331 e. The minimum atomic E-state index is -0.459. The van der Waals surface area contributed by atoms with Crippen molar-refractivity contribution in [3.05, 3.63) is 12.3 Å². The molecule has 5 nitrogen and oxygen atoms in total. The highest BCUT2D eigenvalue weighted by Crippen LogP contribution is 1.74. The minimum Gasteiger partial charge on any atom is -0.466 e. The molecule has 0 fully saturated rings. The lowest BCUT2D eigenvalue weighted by Gasteiger charge is -1.97. The second-order valence-corrected chi connectivity index (χ2v) is 1.91. The summed E-state index contributed by atoms with van der Waals surface area (Å²) >= 11 is 0. The number of carbonyl (C=O) groups is 2. The molecule has 0 aliphatic rings. The van der Waals surface area contributed by atoms with Gasteiger partial charge in [-0.3, -0.25) is 4.79 Å². The van der Waals surface area contributed by atoms with Gasteiger partial charge in [0.1, 0.15) is 0 Å². The summed E-state index contributed by atoms with van der Waals surface area (Å²) in [5, 5.41) is 5.02. The van der Waals surface area contributed by atoms with Crippen LogP contribution in [0.25, 0.3) is 0 Å². The molecule has 0 aliphatic heterocycles. The lowest BCUT2D eigenvalue weighted by atomic mass is 10.5. The maximum absolute atomic E-state index is 10.6. The van der Waals surface area contributed by atoms with E-state index in [1.807, 2.05) is 0 Å². The maximum atomic E-state index is 10.6. The third-order valence-electron chi connectivity index (χ3n) is 1.08. The van der Waals surface area contributed by atoms with Crippen molar-refractivity contribution in [1.29, 1.82) is 0 Å². The lowest BCUT2D eigenvalue weighted by molar-refractivity contribution is -0.134. The van der Waals surface area contributed by atoms with Gasteiger partial charge in [-0.2, -0.15) is 0 Å². The molecule has 5 heteroatoms. The van der Waals surface area contributed by atoms with E-state index in [-0.39, 0.29) is 12.5 Å². The van der Waals surface area contributed by atoms with Gasteiger partial charge in [-0.1, -0.05) is 0 Å². The number of carbonyl (C=O) groups excluding carboxylic acids is 2. The van der Waals surface area contributed by atoms with Gasteiger partial charge in [0.2, 0.25) is 5.91 Å². The van der Waals surface area contributed by atoms with Crippen molar-refractivity contribution in [2.45, 2.75) is 0 Å². The molecule has 0 saturated heterocycles. The number of ether oxygens (including phenoxy) is 1. The predicted molar refractivity (Wildman–Crippen MR) is 43.2 cm³/mol.